The number of piperidine rings is 1. The molecular weight excluding hydrogens is 442 g/mol. The van der Waals surface area contributed by atoms with Crippen molar-refractivity contribution in [2.24, 2.45) is 0 Å². The number of amides is 2. The van der Waals surface area contributed by atoms with Crippen molar-refractivity contribution in [2.75, 3.05) is 45.2 Å². The fraction of sp³-hybridized carbons (Fsp3) is 0.542. The number of carbonyl (C=O) groups excluding carboxylic acids is 3. The van der Waals surface area contributed by atoms with Crippen molar-refractivity contribution < 1.29 is 33.7 Å². The molecule has 2 heterocycles. The van der Waals surface area contributed by atoms with Crippen LogP contribution in [0, 0.1) is 0 Å². The largest absolute Gasteiger partial charge is 0.489 e. The topological polar surface area (TPSA) is 118 Å². The number of hydrogen-bond donors (Lipinski definition) is 2. The molecule has 2 N–H and O–H groups in total. The highest BCUT2D eigenvalue weighted by atomic mass is 16.6. The molecule has 1 fully saturated rings. The lowest BCUT2D eigenvalue weighted by Gasteiger charge is -2.34. The van der Waals surface area contributed by atoms with Crippen LogP contribution in [0.4, 0.5) is 10.5 Å². The number of esters is 1. The minimum atomic E-state index is -0.604. The van der Waals surface area contributed by atoms with Gasteiger partial charge >= 0.3 is 12.1 Å². The molecule has 0 radical (unpaired) electrons. The Morgan fingerprint density at radius 3 is 2.71 bits per heavy atom. The van der Waals surface area contributed by atoms with Crippen molar-refractivity contribution in [2.45, 2.75) is 45.3 Å². The molecule has 2 aliphatic rings. The molecule has 2 amide bonds. The molecule has 2 aliphatic heterocycles. The van der Waals surface area contributed by atoms with Crippen LogP contribution < -0.4 is 10.1 Å². The van der Waals surface area contributed by atoms with Gasteiger partial charge in [0.1, 0.15) is 23.2 Å². The molecule has 1 atom stereocenters. The van der Waals surface area contributed by atoms with Gasteiger partial charge in [-0.15, -0.1) is 0 Å². The Labute approximate surface area is 199 Å². The Morgan fingerprint density at radius 1 is 1.26 bits per heavy atom. The molecule has 1 unspecified atom stereocenters. The lowest BCUT2D eigenvalue weighted by molar-refractivity contribution is -0.136. The maximum Gasteiger partial charge on any atom is 0.410 e. The summed E-state index contributed by atoms with van der Waals surface area (Å²) >= 11 is 0. The van der Waals surface area contributed by atoms with Gasteiger partial charge in [0, 0.05) is 24.8 Å². The number of anilines is 1. The number of aliphatic hydroxyl groups excluding tert-OH is 1. The van der Waals surface area contributed by atoms with E-state index in [2.05, 4.69) is 5.32 Å². The Balaban J connectivity index is 1.69. The van der Waals surface area contributed by atoms with Gasteiger partial charge in [-0.3, -0.25) is 4.79 Å². The molecule has 10 nitrogen and oxygen atoms in total. The van der Waals surface area contributed by atoms with Gasteiger partial charge in [-0.2, -0.15) is 0 Å². The molecule has 34 heavy (non-hydrogen) atoms. The monoisotopic (exact) mass is 475 g/mol. The van der Waals surface area contributed by atoms with E-state index in [9.17, 15) is 19.5 Å². The summed E-state index contributed by atoms with van der Waals surface area (Å²) in [6.07, 6.45) is 1.04. The third kappa shape index (κ3) is 6.40. The Bertz CT molecular complexity index is 954. The van der Waals surface area contributed by atoms with Crippen molar-refractivity contribution in [1.82, 2.24) is 9.80 Å². The first-order chi connectivity index (χ1) is 16.1. The highest BCUT2D eigenvalue weighted by Crippen LogP contribution is 2.26. The van der Waals surface area contributed by atoms with Crippen molar-refractivity contribution in [1.29, 1.82) is 0 Å². The lowest BCUT2D eigenvalue weighted by Crippen LogP contribution is -2.46. The summed E-state index contributed by atoms with van der Waals surface area (Å²) < 4.78 is 16.4. The second-order valence-electron chi connectivity index (χ2n) is 9.26. The smallest absolute Gasteiger partial charge is 0.410 e. The molecular formula is C24H33N3O7. The summed E-state index contributed by atoms with van der Waals surface area (Å²) in [5.74, 6) is -0.423. The summed E-state index contributed by atoms with van der Waals surface area (Å²) in [6, 6.07) is 7.05. The number of carbonyl (C=O) groups is 3. The molecule has 0 aromatic heterocycles. The predicted molar refractivity (Wildman–Crippen MR) is 124 cm³/mol. The average molecular weight is 476 g/mol. The first-order valence-electron chi connectivity index (χ1n) is 11.3. The molecule has 1 saturated heterocycles. The summed E-state index contributed by atoms with van der Waals surface area (Å²) in [4.78, 5) is 40.4. The normalized spacial score (nSPS) is 18.7. The molecule has 1 aromatic rings. The van der Waals surface area contributed by atoms with E-state index >= 15 is 0 Å². The van der Waals surface area contributed by atoms with E-state index in [1.165, 1.54) is 12.0 Å². The third-order valence-corrected chi connectivity index (χ3v) is 5.39. The van der Waals surface area contributed by atoms with E-state index in [1.807, 2.05) is 20.8 Å². The minimum absolute atomic E-state index is 0.0627. The summed E-state index contributed by atoms with van der Waals surface area (Å²) in [5, 5.41) is 12.2. The molecule has 0 saturated carbocycles. The number of likely N-dealkylation sites (tertiary alicyclic amines) is 1. The quantitative estimate of drug-likeness (QED) is 0.576. The number of methoxy groups -OCH3 is 1. The van der Waals surface area contributed by atoms with Gasteiger partial charge in [0.05, 0.1) is 32.4 Å². The van der Waals surface area contributed by atoms with E-state index in [0.29, 0.717) is 24.5 Å². The second-order valence-corrected chi connectivity index (χ2v) is 9.26. The summed E-state index contributed by atoms with van der Waals surface area (Å²) in [6.45, 7) is 6.50. The van der Waals surface area contributed by atoms with Crippen LogP contribution in [-0.2, 0) is 19.1 Å². The molecule has 1 aromatic carbocycles. The fourth-order valence-corrected chi connectivity index (χ4v) is 3.86. The van der Waals surface area contributed by atoms with Crippen LogP contribution in [0.15, 0.2) is 35.5 Å². The molecule has 0 bridgehead atoms. The maximum atomic E-state index is 12.7. The third-order valence-electron chi connectivity index (χ3n) is 5.39. The molecule has 0 spiro atoms. The number of ether oxygens (including phenoxy) is 3. The van der Waals surface area contributed by atoms with Crippen LogP contribution in [0.3, 0.4) is 0 Å². The zero-order valence-corrected chi connectivity index (χ0v) is 20.1. The number of nitrogens with zero attached hydrogens (tertiary/aromatic N) is 2. The van der Waals surface area contributed by atoms with Gasteiger partial charge in [0.15, 0.2) is 0 Å². The standard InChI is InChI=1S/C24H33N3O7/c1-24(2,3)34-23(31)27-10-6-9-18(14-27)33-17-8-5-7-16(13-17)25-20-19(22(30)32-4)15-26(11-12-28)21(20)29/h5,7-8,13,18,25,28H,6,9-12,14-15H2,1-4H3. The first kappa shape index (κ1) is 25.4. The Kier molecular flexibility index (Phi) is 8.03. The maximum absolute atomic E-state index is 12.7. The van der Waals surface area contributed by atoms with Gasteiger partial charge in [-0.25, -0.2) is 9.59 Å². The first-order valence-corrected chi connectivity index (χ1v) is 11.3. The second kappa shape index (κ2) is 10.8. The van der Waals surface area contributed by atoms with Crippen molar-refractivity contribution in [3.8, 4) is 5.75 Å². The van der Waals surface area contributed by atoms with Gasteiger partial charge in [-0.1, -0.05) is 6.07 Å². The number of aliphatic hydroxyl groups is 1. The van der Waals surface area contributed by atoms with Gasteiger partial charge in [-0.05, 0) is 45.7 Å². The Morgan fingerprint density at radius 2 is 2.03 bits per heavy atom. The van der Waals surface area contributed by atoms with Crippen LogP contribution in [0.5, 0.6) is 5.75 Å². The SMILES string of the molecule is COC(=O)C1=C(Nc2cccc(OC3CCCN(C(=O)OC(C)(C)C)C3)c2)C(=O)N(CCO)C1. The van der Waals surface area contributed by atoms with Crippen LogP contribution in [0.25, 0.3) is 0 Å². The average Bonchev–Trinajstić information content (AvgIpc) is 3.08. The summed E-state index contributed by atoms with van der Waals surface area (Å²) in [7, 11) is 1.26. The number of nitrogens with one attached hydrogen (secondary N) is 1. The van der Waals surface area contributed by atoms with Gasteiger partial charge in [0.25, 0.3) is 5.91 Å². The van der Waals surface area contributed by atoms with Crippen molar-refractivity contribution in [3.63, 3.8) is 0 Å². The van der Waals surface area contributed by atoms with E-state index in [4.69, 9.17) is 14.2 Å². The van der Waals surface area contributed by atoms with Crippen molar-refractivity contribution >= 4 is 23.7 Å². The molecule has 0 aliphatic carbocycles. The lowest BCUT2D eigenvalue weighted by atomic mass is 10.1. The zero-order chi connectivity index (χ0) is 24.9. The highest BCUT2D eigenvalue weighted by molar-refractivity contribution is 6.08. The number of β-amino-alcohol motifs (C(OH)–C–C–N with tert-alkyl or cyclic N) is 1. The number of hydrogen-bond acceptors (Lipinski definition) is 8. The minimum Gasteiger partial charge on any atom is -0.489 e. The van der Waals surface area contributed by atoms with Gasteiger partial charge in [0.2, 0.25) is 0 Å². The fourth-order valence-electron chi connectivity index (χ4n) is 3.86. The van der Waals surface area contributed by atoms with Crippen LogP contribution >= 0.6 is 0 Å². The van der Waals surface area contributed by atoms with E-state index in [-0.39, 0.29) is 49.1 Å². The van der Waals surface area contributed by atoms with Crippen LogP contribution in [0.2, 0.25) is 0 Å². The summed E-state index contributed by atoms with van der Waals surface area (Å²) in [5.41, 5.74) is 0.319. The van der Waals surface area contributed by atoms with Crippen molar-refractivity contribution in [3.05, 3.63) is 35.5 Å². The van der Waals surface area contributed by atoms with E-state index in [1.54, 1.807) is 29.2 Å². The predicted octanol–water partition coefficient (Wildman–Crippen LogP) is 2.14. The van der Waals surface area contributed by atoms with E-state index < -0.39 is 11.6 Å². The number of benzene rings is 1. The molecule has 186 valence electrons. The Hall–Kier alpha value is -3.27. The molecule has 10 heteroatoms. The van der Waals surface area contributed by atoms with Gasteiger partial charge < -0.3 is 34.4 Å². The highest BCUT2D eigenvalue weighted by Gasteiger charge is 2.34. The number of rotatable bonds is 7. The van der Waals surface area contributed by atoms with E-state index in [0.717, 1.165) is 12.8 Å². The zero-order valence-electron chi connectivity index (χ0n) is 20.1. The molecule has 3 rings (SSSR count). The van der Waals surface area contributed by atoms with Crippen LogP contribution in [0.1, 0.15) is 33.6 Å². The van der Waals surface area contributed by atoms with Crippen LogP contribution in [-0.4, -0.2) is 84.5 Å².